The van der Waals surface area contributed by atoms with Crippen molar-refractivity contribution in [1.29, 1.82) is 0 Å². The van der Waals surface area contributed by atoms with Crippen LogP contribution in [0.1, 0.15) is 44.9 Å². The topological polar surface area (TPSA) is 32.3 Å². The summed E-state index contributed by atoms with van der Waals surface area (Å²) in [6.45, 7) is 8.43. The molecule has 0 aliphatic heterocycles. The number of aliphatic hydroxyl groups is 1. The summed E-state index contributed by atoms with van der Waals surface area (Å²) < 4.78 is 0. The molecule has 3 atom stereocenters. The molecule has 1 aromatic rings. The summed E-state index contributed by atoms with van der Waals surface area (Å²) in [6.07, 6.45) is 0.879. The van der Waals surface area contributed by atoms with E-state index in [-0.39, 0.29) is 11.4 Å². The van der Waals surface area contributed by atoms with Crippen molar-refractivity contribution >= 4 is 11.8 Å². The molecule has 0 saturated heterocycles. The van der Waals surface area contributed by atoms with Crippen LogP contribution in [0.15, 0.2) is 24.3 Å². The maximum absolute atomic E-state index is 9.56. The van der Waals surface area contributed by atoms with Gasteiger partial charge in [-0.05, 0) is 37.4 Å². The molecule has 0 aliphatic rings. The molecule has 0 fully saturated rings. The molecule has 3 unspecified atom stereocenters. The van der Waals surface area contributed by atoms with Crippen LogP contribution in [-0.2, 0) is 6.42 Å². The first-order chi connectivity index (χ1) is 9.43. The van der Waals surface area contributed by atoms with E-state index in [1.165, 1.54) is 11.1 Å². The zero-order valence-electron chi connectivity index (χ0n) is 13.4. The van der Waals surface area contributed by atoms with Crippen molar-refractivity contribution in [3.8, 4) is 0 Å². The monoisotopic (exact) mass is 295 g/mol. The summed E-state index contributed by atoms with van der Waals surface area (Å²) in [6, 6.07) is 9.28. The van der Waals surface area contributed by atoms with Gasteiger partial charge in [0.1, 0.15) is 0 Å². The van der Waals surface area contributed by atoms with Crippen molar-refractivity contribution in [2.75, 3.05) is 12.8 Å². The van der Waals surface area contributed by atoms with Gasteiger partial charge in [0, 0.05) is 17.0 Å². The fraction of sp³-hybridized carbons (Fsp3) is 0.647. The Kier molecular flexibility index (Phi) is 7.63. The minimum Gasteiger partial charge on any atom is -0.392 e. The van der Waals surface area contributed by atoms with E-state index in [1.807, 2.05) is 25.7 Å². The number of aliphatic hydroxyl groups excluding tert-OH is 1. The van der Waals surface area contributed by atoms with Crippen LogP contribution in [0, 0.1) is 5.92 Å². The molecule has 1 aromatic carbocycles. The molecule has 0 radical (unpaired) electrons. The summed E-state index contributed by atoms with van der Waals surface area (Å²) in [5.74, 6) is 1.68. The van der Waals surface area contributed by atoms with Crippen molar-refractivity contribution in [3.63, 3.8) is 0 Å². The van der Waals surface area contributed by atoms with Crippen molar-refractivity contribution in [2.24, 2.45) is 5.92 Å². The van der Waals surface area contributed by atoms with Gasteiger partial charge >= 0.3 is 0 Å². The lowest BCUT2D eigenvalue weighted by Gasteiger charge is -2.20. The standard InChI is InChI=1S/C17H29NOS/c1-12(2)10-15-6-8-16(9-7-15)17(18-5)11-20-14(4)13(3)19/h6-9,12-14,17-19H,10-11H2,1-5H3. The molecule has 0 heterocycles. The van der Waals surface area contributed by atoms with Crippen LogP contribution in [0.2, 0.25) is 0 Å². The molecular weight excluding hydrogens is 266 g/mol. The highest BCUT2D eigenvalue weighted by atomic mass is 32.2. The Morgan fingerprint density at radius 1 is 1.10 bits per heavy atom. The Balaban J connectivity index is 2.61. The van der Waals surface area contributed by atoms with E-state index in [0.717, 1.165) is 12.2 Å². The van der Waals surface area contributed by atoms with Crippen LogP contribution in [-0.4, -0.2) is 29.3 Å². The van der Waals surface area contributed by atoms with Crippen LogP contribution in [0.5, 0.6) is 0 Å². The molecule has 0 spiro atoms. The summed E-state index contributed by atoms with van der Waals surface area (Å²) >= 11 is 1.81. The third-order valence-electron chi connectivity index (χ3n) is 3.58. The Labute approximate surface area is 128 Å². The van der Waals surface area contributed by atoms with Crippen molar-refractivity contribution < 1.29 is 5.11 Å². The first-order valence-corrected chi connectivity index (χ1v) is 8.54. The molecule has 2 N–H and O–H groups in total. The zero-order valence-corrected chi connectivity index (χ0v) is 14.2. The van der Waals surface area contributed by atoms with Gasteiger partial charge in [-0.1, -0.05) is 45.0 Å². The molecule has 0 aromatic heterocycles. The second-order valence-corrected chi connectivity index (χ2v) is 7.37. The Morgan fingerprint density at radius 2 is 1.70 bits per heavy atom. The average Bonchev–Trinajstić information content (AvgIpc) is 2.40. The third-order valence-corrected chi connectivity index (χ3v) is 5.03. The fourth-order valence-electron chi connectivity index (χ4n) is 2.09. The van der Waals surface area contributed by atoms with Gasteiger partial charge in [-0.15, -0.1) is 0 Å². The van der Waals surface area contributed by atoms with Gasteiger partial charge in [0.2, 0.25) is 0 Å². The molecule has 20 heavy (non-hydrogen) atoms. The molecular formula is C17H29NOS. The normalized spacial score (nSPS) is 16.1. The summed E-state index contributed by atoms with van der Waals surface area (Å²) in [4.78, 5) is 0. The summed E-state index contributed by atoms with van der Waals surface area (Å²) in [7, 11) is 2.00. The van der Waals surface area contributed by atoms with Gasteiger partial charge < -0.3 is 10.4 Å². The summed E-state index contributed by atoms with van der Waals surface area (Å²) in [5, 5.41) is 13.2. The van der Waals surface area contributed by atoms with Crippen LogP contribution >= 0.6 is 11.8 Å². The number of hydrogen-bond acceptors (Lipinski definition) is 3. The van der Waals surface area contributed by atoms with Gasteiger partial charge in [-0.25, -0.2) is 0 Å². The fourth-order valence-corrected chi connectivity index (χ4v) is 3.22. The average molecular weight is 295 g/mol. The van der Waals surface area contributed by atoms with Gasteiger partial charge in [-0.3, -0.25) is 0 Å². The van der Waals surface area contributed by atoms with Crippen molar-refractivity contribution in [3.05, 3.63) is 35.4 Å². The third kappa shape index (κ3) is 5.86. The predicted octanol–water partition coefficient (Wildman–Crippen LogP) is 3.65. The first kappa shape index (κ1) is 17.5. The van der Waals surface area contributed by atoms with Gasteiger partial charge in [0.15, 0.2) is 0 Å². The van der Waals surface area contributed by atoms with Gasteiger partial charge in [0.05, 0.1) is 6.10 Å². The second kappa shape index (κ2) is 8.71. The molecule has 0 aliphatic carbocycles. The number of thioether (sulfide) groups is 1. The highest BCUT2D eigenvalue weighted by Crippen LogP contribution is 2.23. The molecule has 1 rings (SSSR count). The Hall–Kier alpha value is -0.510. The highest BCUT2D eigenvalue weighted by molar-refractivity contribution is 7.99. The SMILES string of the molecule is CNC(CSC(C)C(C)O)c1ccc(CC(C)C)cc1. The molecule has 0 bridgehead atoms. The second-order valence-electron chi connectivity index (χ2n) is 5.96. The smallest absolute Gasteiger partial charge is 0.0628 e. The van der Waals surface area contributed by atoms with Crippen molar-refractivity contribution in [2.45, 2.75) is 51.5 Å². The van der Waals surface area contributed by atoms with Crippen molar-refractivity contribution in [1.82, 2.24) is 5.32 Å². The Bertz CT molecular complexity index is 375. The molecule has 2 nitrogen and oxygen atoms in total. The molecule has 114 valence electrons. The molecule has 0 saturated carbocycles. The van der Waals surface area contributed by atoms with E-state index < -0.39 is 0 Å². The van der Waals surface area contributed by atoms with Gasteiger partial charge in [-0.2, -0.15) is 11.8 Å². The molecule has 0 amide bonds. The quantitative estimate of drug-likeness (QED) is 0.768. The zero-order chi connectivity index (χ0) is 15.1. The van der Waals surface area contributed by atoms with E-state index in [1.54, 1.807) is 0 Å². The minimum absolute atomic E-state index is 0.258. The maximum atomic E-state index is 9.56. The maximum Gasteiger partial charge on any atom is 0.0628 e. The number of hydrogen-bond donors (Lipinski definition) is 2. The largest absolute Gasteiger partial charge is 0.392 e. The first-order valence-electron chi connectivity index (χ1n) is 7.49. The molecule has 3 heteroatoms. The van der Waals surface area contributed by atoms with E-state index in [2.05, 4.69) is 50.4 Å². The summed E-state index contributed by atoms with van der Waals surface area (Å²) in [5.41, 5.74) is 2.73. The Morgan fingerprint density at radius 3 is 2.15 bits per heavy atom. The number of rotatable bonds is 8. The minimum atomic E-state index is -0.258. The number of nitrogens with one attached hydrogen (secondary N) is 1. The lowest BCUT2D eigenvalue weighted by atomic mass is 10.00. The van der Waals surface area contributed by atoms with E-state index in [0.29, 0.717) is 12.0 Å². The highest BCUT2D eigenvalue weighted by Gasteiger charge is 2.14. The van der Waals surface area contributed by atoms with E-state index in [4.69, 9.17) is 0 Å². The van der Waals surface area contributed by atoms with Crippen LogP contribution in [0.25, 0.3) is 0 Å². The van der Waals surface area contributed by atoms with E-state index in [9.17, 15) is 5.11 Å². The van der Waals surface area contributed by atoms with Crippen LogP contribution in [0.4, 0.5) is 0 Å². The predicted molar refractivity (Wildman–Crippen MR) is 90.4 cm³/mol. The number of benzene rings is 1. The lowest BCUT2D eigenvalue weighted by molar-refractivity contribution is 0.196. The van der Waals surface area contributed by atoms with E-state index >= 15 is 0 Å². The van der Waals surface area contributed by atoms with Crippen LogP contribution < -0.4 is 5.32 Å². The van der Waals surface area contributed by atoms with Crippen LogP contribution in [0.3, 0.4) is 0 Å². The van der Waals surface area contributed by atoms with Gasteiger partial charge in [0.25, 0.3) is 0 Å². The lowest BCUT2D eigenvalue weighted by Crippen LogP contribution is -2.22.